The van der Waals surface area contributed by atoms with Crippen LogP contribution in [-0.4, -0.2) is 5.25 Å². The van der Waals surface area contributed by atoms with Crippen LogP contribution in [-0.2, 0) is 0 Å². The van der Waals surface area contributed by atoms with E-state index in [2.05, 4.69) is 19.6 Å². The Morgan fingerprint density at radius 2 is 1.83 bits per heavy atom. The molecule has 0 bridgehead atoms. The first-order chi connectivity index (χ1) is 5.79. The smallest absolute Gasteiger partial charge is 0.0231 e. The normalized spacial score (nSPS) is 36.5. The molecule has 2 rings (SSSR count). The largest absolute Gasteiger partial charge is 0.171 e. The lowest BCUT2D eigenvalue weighted by atomic mass is 9.76. The van der Waals surface area contributed by atoms with E-state index >= 15 is 0 Å². The topological polar surface area (TPSA) is 0 Å². The number of thiol groups is 1. The van der Waals surface area contributed by atoms with Crippen molar-refractivity contribution in [3.8, 4) is 0 Å². The summed E-state index contributed by atoms with van der Waals surface area (Å²) < 4.78 is 0. The Hall–Kier alpha value is 0.0900. The highest BCUT2D eigenvalue weighted by molar-refractivity contribution is 7.81. The van der Waals surface area contributed by atoms with E-state index in [9.17, 15) is 0 Å². The van der Waals surface area contributed by atoms with Crippen molar-refractivity contribution in [1.82, 2.24) is 0 Å². The maximum atomic E-state index is 4.68. The van der Waals surface area contributed by atoms with Gasteiger partial charge in [-0.2, -0.15) is 12.6 Å². The third-order valence-corrected chi connectivity index (χ3v) is 3.91. The molecule has 2 unspecified atom stereocenters. The number of allylic oxidation sites excluding steroid dienone is 1. The molecule has 0 heterocycles. The molecule has 2 aliphatic rings. The molecule has 0 radical (unpaired) electrons. The minimum absolute atomic E-state index is 0.601. The molecule has 0 amide bonds. The van der Waals surface area contributed by atoms with Gasteiger partial charge in [0, 0.05) is 5.25 Å². The molecular weight excluding hydrogens is 164 g/mol. The summed E-state index contributed by atoms with van der Waals surface area (Å²) in [6.07, 6.45) is 8.25. The molecule has 0 nitrogen and oxygen atoms in total. The monoisotopic (exact) mass is 182 g/mol. The Balaban J connectivity index is 2.27. The van der Waals surface area contributed by atoms with Crippen molar-refractivity contribution in [3.05, 3.63) is 11.1 Å². The van der Waals surface area contributed by atoms with Gasteiger partial charge in [-0.25, -0.2) is 0 Å². The highest BCUT2D eigenvalue weighted by atomic mass is 32.1. The van der Waals surface area contributed by atoms with Gasteiger partial charge in [-0.3, -0.25) is 0 Å². The van der Waals surface area contributed by atoms with Gasteiger partial charge in [0.25, 0.3) is 0 Å². The van der Waals surface area contributed by atoms with Crippen LogP contribution in [0.2, 0.25) is 0 Å². The van der Waals surface area contributed by atoms with Crippen molar-refractivity contribution in [2.45, 2.75) is 50.7 Å². The van der Waals surface area contributed by atoms with Crippen LogP contribution in [0.4, 0.5) is 0 Å². The zero-order chi connectivity index (χ0) is 8.55. The summed E-state index contributed by atoms with van der Waals surface area (Å²) in [5.41, 5.74) is 3.48. The summed E-state index contributed by atoms with van der Waals surface area (Å²) in [5.74, 6) is 0.830. The second kappa shape index (κ2) is 3.45. The summed E-state index contributed by atoms with van der Waals surface area (Å²) in [7, 11) is 0. The SMILES string of the molecule is CC1CCCC2=C1C(S)CCC2. The Morgan fingerprint density at radius 3 is 2.50 bits per heavy atom. The van der Waals surface area contributed by atoms with Gasteiger partial charge in [-0.05, 0) is 44.4 Å². The summed E-state index contributed by atoms with van der Waals surface area (Å²) >= 11 is 4.68. The van der Waals surface area contributed by atoms with Gasteiger partial charge in [-0.1, -0.05) is 18.1 Å². The maximum Gasteiger partial charge on any atom is 0.0231 e. The third-order valence-electron chi connectivity index (χ3n) is 3.37. The second-order valence-corrected chi connectivity index (χ2v) is 4.88. The summed E-state index contributed by atoms with van der Waals surface area (Å²) in [6.45, 7) is 2.38. The van der Waals surface area contributed by atoms with E-state index in [-0.39, 0.29) is 0 Å². The van der Waals surface area contributed by atoms with Crippen LogP contribution in [0.25, 0.3) is 0 Å². The quantitative estimate of drug-likeness (QED) is 0.429. The van der Waals surface area contributed by atoms with Crippen LogP contribution in [0.3, 0.4) is 0 Å². The summed E-state index contributed by atoms with van der Waals surface area (Å²) in [6, 6.07) is 0. The molecule has 12 heavy (non-hydrogen) atoms. The first-order valence-electron chi connectivity index (χ1n) is 5.19. The highest BCUT2D eigenvalue weighted by Gasteiger charge is 2.26. The summed E-state index contributed by atoms with van der Waals surface area (Å²) in [4.78, 5) is 0. The van der Waals surface area contributed by atoms with Gasteiger partial charge in [0.05, 0.1) is 0 Å². The van der Waals surface area contributed by atoms with Crippen molar-refractivity contribution in [3.63, 3.8) is 0 Å². The predicted molar refractivity (Wildman–Crippen MR) is 56.7 cm³/mol. The molecule has 0 saturated heterocycles. The van der Waals surface area contributed by atoms with E-state index in [1.165, 1.54) is 38.5 Å². The van der Waals surface area contributed by atoms with Crippen LogP contribution in [0.5, 0.6) is 0 Å². The first-order valence-corrected chi connectivity index (χ1v) is 5.70. The van der Waals surface area contributed by atoms with Gasteiger partial charge in [0.15, 0.2) is 0 Å². The Morgan fingerprint density at radius 1 is 1.17 bits per heavy atom. The number of rotatable bonds is 0. The van der Waals surface area contributed by atoms with E-state index in [4.69, 9.17) is 0 Å². The van der Waals surface area contributed by atoms with E-state index in [0.717, 1.165) is 5.92 Å². The first kappa shape index (κ1) is 8.68. The van der Waals surface area contributed by atoms with E-state index in [1.807, 2.05) is 0 Å². The Labute approximate surface area is 80.8 Å². The van der Waals surface area contributed by atoms with Crippen molar-refractivity contribution < 1.29 is 0 Å². The predicted octanol–water partition coefficient (Wildman–Crippen LogP) is 3.59. The van der Waals surface area contributed by atoms with Crippen LogP contribution in [0.1, 0.15) is 45.4 Å². The van der Waals surface area contributed by atoms with Gasteiger partial charge < -0.3 is 0 Å². The molecule has 68 valence electrons. The minimum Gasteiger partial charge on any atom is -0.171 e. The minimum atomic E-state index is 0.601. The average Bonchev–Trinajstić information content (AvgIpc) is 2.04. The fraction of sp³-hybridized carbons (Fsp3) is 0.818. The molecule has 0 fully saturated rings. The van der Waals surface area contributed by atoms with Crippen molar-refractivity contribution >= 4 is 12.6 Å². The Kier molecular flexibility index (Phi) is 2.49. The third kappa shape index (κ3) is 1.44. The van der Waals surface area contributed by atoms with Gasteiger partial charge in [0.1, 0.15) is 0 Å². The van der Waals surface area contributed by atoms with Crippen LogP contribution in [0, 0.1) is 5.92 Å². The fourth-order valence-electron chi connectivity index (χ4n) is 2.77. The number of hydrogen-bond donors (Lipinski definition) is 1. The molecule has 0 spiro atoms. The molecule has 0 aromatic heterocycles. The van der Waals surface area contributed by atoms with Crippen LogP contribution in [0.15, 0.2) is 11.1 Å². The molecule has 0 aromatic rings. The van der Waals surface area contributed by atoms with Gasteiger partial charge in [0.2, 0.25) is 0 Å². The van der Waals surface area contributed by atoms with Crippen LogP contribution < -0.4 is 0 Å². The lowest BCUT2D eigenvalue weighted by Crippen LogP contribution is -2.21. The zero-order valence-corrected chi connectivity index (χ0v) is 8.74. The van der Waals surface area contributed by atoms with E-state index in [0.29, 0.717) is 5.25 Å². The fourth-order valence-corrected chi connectivity index (χ4v) is 3.39. The molecular formula is C11H18S. The highest BCUT2D eigenvalue weighted by Crippen LogP contribution is 2.40. The standard InChI is InChI=1S/C11H18S/c1-8-4-2-5-9-6-3-7-10(12)11(8)9/h8,10,12H,2-7H2,1H3. The van der Waals surface area contributed by atoms with E-state index < -0.39 is 0 Å². The average molecular weight is 182 g/mol. The summed E-state index contributed by atoms with van der Waals surface area (Å²) in [5, 5.41) is 0.601. The van der Waals surface area contributed by atoms with Crippen molar-refractivity contribution in [2.75, 3.05) is 0 Å². The molecule has 2 aliphatic carbocycles. The van der Waals surface area contributed by atoms with Gasteiger partial charge in [-0.15, -0.1) is 0 Å². The molecule has 1 heteroatoms. The maximum absolute atomic E-state index is 4.68. The lowest BCUT2D eigenvalue weighted by molar-refractivity contribution is 0.476. The molecule has 0 aliphatic heterocycles. The lowest BCUT2D eigenvalue weighted by Gasteiger charge is -2.33. The number of hydrogen-bond acceptors (Lipinski definition) is 1. The van der Waals surface area contributed by atoms with Crippen LogP contribution >= 0.6 is 12.6 Å². The molecule has 0 N–H and O–H groups in total. The van der Waals surface area contributed by atoms with Gasteiger partial charge >= 0.3 is 0 Å². The molecule has 0 aromatic carbocycles. The molecule has 0 saturated carbocycles. The molecule has 2 atom stereocenters. The second-order valence-electron chi connectivity index (χ2n) is 4.26. The van der Waals surface area contributed by atoms with E-state index in [1.54, 1.807) is 11.1 Å². The van der Waals surface area contributed by atoms with Crippen molar-refractivity contribution in [1.29, 1.82) is 0 Å². The Bertz CT molecular complexity index is 185. The zero-order valence-electron chi connectivity index (χ0n) is 7.84. The van der Waals surface area contributed by atoms with Crippen molar-refractivity contribution in [2.24, 2.45) is 5.92 Å².